The molecule has 49 heavy (non-hydrogen) atoms. The van der Waals surface area contributed by atoms with E-state index in [0.717, 1.165) is 22.9 Å². The number of esters is 2. The molecule has 0 aromatic heterocycles. The quantitative estimate of drug-likeness (QED) is 0.117. The Morgan fingerprint density at radius 2 is 1.24 bits per heavy atom. The van der Waals surface area contributed by atoms with Crippen LogP contribution in [0.4, 0.5) is 9.59 Å². The summed E-state index contributed by atoms with van der Waals surface area (Å²) < 4.78 is 33.1. The molecule has 4 rings (SSSR count). The number of alkyl carbamates (subject to hydrolysis) is 2. The molecule has 0 radical (unpaired) electrons. The first kappa shape index (κ1) is 37.0. The summed E-state index contributed by atoms with van der Waals surface area (Å²) in [5.74, 6) is -2.55. The van der Waals surface area contributed by atoms with Crippen molar-refractivity contribution in [3.8, 4) is 0 Å². The number of Topliss-reactive ketones (excluding diaryl/α,β-unsaturated/α-hetero) is 1. The van der Waals surface area contributed by atoms with Gasteiger partial charge in [0.15, 0.2) is 30.8 Å². The summed E-state index contributed by atoms with van der Waals surface area (Å²) in [6.45, 7) is -1.35. The van der Waals surface area contributed by atoms with Gasteiger partial charge in [0, 0.05) is 16.6 Å². The number of hydrogen-bond donors (Lipinski definition) is 2. The fourth-order valence-electron chi connectivity index (χ4n) is 4.42. The fraction of sp³-hybridized carbons (Fsp3) is 0.343. The summed E-state index contributed by atoms with van der Waals surface area (Å²) in [6.07, 6.45) is -0.156. The van der Waals surface area contributed by atoms with E-state index in [-0.39, 0.29) is 19.8 Å². The zero-order valence-electron chi connectivity index (χ0n) is 26.5. The van der Waals surface area contributed by atoms with Crippen molar-refractivity contribution in [1.29, 1.82) is 0 Å². The Morgan fingerprint density at radius 1 is 0.694 bits per heavy atom. The summed E-state index contributed by atoms with van der Waals surface area (Å²) in [5.41, 5.74) is 1.72. The molecule has 2 amide bonds. The van der Waals surface area contributed by atoms with Gasteiger partial charge in [-0.15, -0.1) is 0 Å². The topological polar surface area (TPSA) is 165 Å². The van der Waals surface area contributed by atoms with Gasteiger partial charge in [-0.1, -0.05) is 88.7 Å². The van der Waals surface area contributed by atoms with Crippen molar-refractivity contribution in [2.24, 2.45) is 0 Å². The summed E-state index contributed by atoms with van der Waals surface area (Å²) in [5, 5.41) is 4.75. The van der Waals surface area contributed by atoms with Crippen molar-refractivity contribution < 1.29 is 52.4 Å². The smallest absolute Gasteiger partial charge is 0.408 e. The number of rotatable bonds is 16. The van der Waals surface area contributed by atoms with E-state index in [2.05, 4.69) is 26.6 Å². The first-order chi connectivity index (χ1) is 23.8. The van der Waals surface area contributed by atoms with E-state index in [1.807, 2.05) is 6.07 Å². The minimum atomic E-state index is -1.57. The number of carbonyl (C=O) groups excluding carboxylic acids is 5. The maximum atomic E-state index is 13.3. The minimum Gasteiger partial charge on any atom is -0.461 e. The maximum Gasteiger partial charge on any atom is 0.408 e. The Labute approximate surface area is 291 Å². The van der Waals surface area contributed by atoms with E-state index in [0.29, 0.717) is 24.2 Å². The molecule has 1 saturated heterocycles. The number of nitrogens with one attached hydrogen (secondary N) is 2. The van der Waals surface area contributed by atoms with E-state index in [9.17, 15) is 24.0 Å². The highest BCUT2D eigenvalue weighted by Crippen LogP contribution is 2.15. The van der Waals surface area contributed by atoms with Crippen LogP contribution in [0.2, 0.25) is 0 Å². The van der Waals surface area contributed by atoms with Crippen molar-refractivity contribution in [3.05, 3.63) is 106 Å². The lowest BCUT2D eigenvalue weighted by Crippen LogP contribution is -2.49. The molecule has 1 fully saturated rings. The molecule has 2 N–H and O–H groups in total. The van der Waals surface area contributed by atoms with E-state index in [1.165, 1.54) is 0 Å². The molecule has 0 bridgehead atoms. The van der Waals surface area contributed by atoms with Gasteiger partial charge in [-0.3, -0.25) is 4.79 Å². The normalized spacial score (nSPS) is 15.2. The standard InChI is InChI=1S/C35H37BrN2O11/c36-27-16-14-26(15-17-27)30(39)23-47-33(41)29(38-35(43)49-20-25-11-5-2-6-12-25)22-46-32(40)28(21-45-31-13-7-8-18-44-31)37-34(42)48-19-24-9-3-1-4-10-24/h1-6,9-12,14-17,28-29,31H,7-8,13,18-23H2,(H,37,42)(H,38,43)/t28-,29-,31?/m0/s1. The molecule has 3 aromatic carbocycles. The van der Waals surface area contributed by atoms with Crippen LogP contribution in [0.5, 0.6) is 0 Å². The van der Waals surface area contributed by atoms with Gasteiger partial charge < -0.3 is 39.1 Å². The lowest BCUT2D eigenvalue weighted by Gasteiger charge is -2.25. The van der Waals surface area contributed by atoms with E-state index in [4.69, 9.17) is 28.4 Å². The van der Waals surface area contributed by atoms with Crippen molar-refractivity contribution in [3.63, 3.8) is 0 Å². The van der Waals surface area contributed by atoms with Gasteiger partial charge in [-0.05, 0) is 42.5 Å². The Bertz CT molecular complexity index is 1520. The molecular formula is C35H37BrN2O11. The third-order valence-electron chi connectivity index (χ3n) is 7.07. The van der Waals surface area contributed by atoms with Gasteiger partial charge in [-0.25, -0.2) is 19.2 Å². The van der Waals surface area contributed by atoms with Crippen LogP contribution < -0.4 is 10.6 Å². The van der Waals surface area contributed by atoms with Crippen molar-refractivity contribution >= 4 is 45.8 Å². The molecule has 3 atom stereocenters. The van der Waals surface area contributed by atoms with Crippen LogP contribution in [0.1, 0.15) is 40.7 Å². The SMILES string of the molecule is O=C(N[C@@H](COC(=O)[C@H](COC1CCCCO1)NC(=O)OCc1ccccc1)C(=O)OCC(=O)c1ccc(Br)cc1)OCc1ccccc1. The average molecular weight is 742 g/mol. The number of benzene rings is 3. The molecule has 1 unspecified atom stereocenters. The minimum absolute atomic E-state index is 0.0526. The average Bonchev–Trinajstić information content (AvgIpc) is 3.13. The summed E-state index contributed by atoms with van der Waals surface area (Å²) in [6, 6.07) is 21.3. The van der Waals surface area contributed by atoms with Gasteiger partial charge in [-0.2, -0.15) is 0 Å². The van der Waals surface area contributed by atoms with Gasteiger partial charge in [0.1, 0.15) is 19.8 Å². The van der Waals surface area contributed by atoms with E-state index in [1.54, 1.807) is 78.9 Å². The molecular weight excluding hydrogens is 704 g/mol. The zero-order chi connectivity index (χ0) is 34.8. The molecule has 1 aliphatic heterocycles. The molecule has 14 heteroatoms. The maximum absolute atomic E-state index is 13.3. The van der Waals surface area contributed by atoms with Crippen LogP contribution in [-0.2, 0) is 51.2 Å². The molecule has 260 valence electrons. The predicted octanol–water partition coefficient (Wildman–Crippen LogP) is 4.85. The summed E-state index contributed by atoms with van der Waals surface area (Å²) in [4.78, 5) is 64.2. The molecule has 1 heterocycles. The van der Waals surface area contributed by atoms with Crippen molar-refractivity contribution in [1.82, 2.24) is 10.6 Å². The van der Waals surface area contributed by atoms with Crippen LogP contribution in [0.3, 0.4) is 0 Å². The van der Waals surface area contributed by atoms with Gasteiger partial charge in [0.2, 0.25) is 0 Å². The number of hydrogen-bond acceptors (Lipinski definition) is 11. The molecule has 13 nitrogen and oxygen atoms in total. The monoisotopic (exact) mass is 740 g/mol. The van der Waals surface area contributed by atoms with Crippen LogP contribution >= 0.6 is 15.9 Å². The van der Waals surface area contributed by atoms with Gasteiger partial charge in [0.05, 0.1) is 6.61 Å². The number of ketones is 1. The highest BCUT2D eigenvalue weighted by Gasteiger charge is 2.30. The fourth-order valence-corrected chi connectivity index (χ4v) is 4.68. The van der Waals surface area contributed by atoms with Crippen LogP contribution in [0.15, 0.2) is 89.4 Å². The van der Waals surface area contributed by atoms with Gasteiger partial charge in [0.25, 0.3) is 0 Å². The van der Waals surface area contributed by atoms with Crippen LogP contribution in [-0.4, -0.2) is 74.7 Å². The van der Waals surface area contributed by atoms with Crippen LogP contribution in [0.25, 0.3) is 0 Å². The van der Waals surface area contributed by atoms with E-state index < -0.39 is 61.5 Å². The largest absolute Gasteiger partial charge is 0.461 e. The highest BCUT2D eigenvalue weighted by atomic mass is 79.9. The summed E-state index contributed by atoms with van der Waals surface area (Å²) in [7, 11) is 0. The highest BCUT2D eigenvalue weighted by molar-refractivity contribution is 9.10. The second-order valence-electron chi connectivity index (χ2n) is 10.8. The van der Waals surface area contributed by atoms with Crippen molar-refractivity contribution in [2.75, 3.05) is 26.4 Å². The Morgan fingerprint density at radius 3 is 1.80 bits per heavy atom. The third kappa shape index (κ3) is 13.3. The Hall–Kier alpha value is -4.79. The third-order valence-corrected chi connectivity index (χ3v) is 7.60. The lowest BCUT2D eigenvalue weighted by molar-refractivity contribution is -0.173. The number of halogens is 1. The second-order valence-corrected chi connectivity index (χ2v) is 11.7. The number of amides is 2. The van der Waals surface area contributed by atoms with Crippen molar-refractivity contribution in [2.45, 2.75) is 50.8 Å². The first-order valence-electron chi connectivity index (χ1n) is 15.6. The van der Waals surface area contributed by atoms with Gasteiger partial charge >= 0.3 is 24.1 Å². The Balaban J connectivity index is 1.39. The van der Waals surface area contributed by atoms with E-state index >= 15 is 0 Å². The number of carbonyl (C=O) groups is 5. The first-order valence-corrected chi connectivity index (χ1v) is 16.4. The Kier molecular flexibility index (Phi) is 15.0. The molecule has 1 aliphatic rings. The molecule has 0 spiro atoms. The zero-order valence-corrected chi connectivity index (χ0v) is 28.1. The molecule has 3 aromatic rings. The second kappa shape index (κ2) is 19.9. The molecule has 0 saturated carbocycles. The predicted molar refractivity (Wildman–Crippen MR) is 177 cm³/mol. The molecule has 0 aliphatic carbocycles. The lowest BCUT2D eigenvalue weighted by atomic mass is 10.1. The van der Waals surface area contributed by atoms with Crippen LogP contribution in [0, 0.1) is 0 Å². The summed E-state index contributed by atoms with van der Waals surface area (Å²) >= 11 is 3.29. The number of ether oxygens (including phenoxy) is 6.